The molecular weight excluding hydrogens is 192 g/mol. The molecule has 0 fully saturated rings. The van der Waals surface area contributed by atoms with E-state index in [9.17, 15) is 0 Å². The molecule has 0 aliphatic heterocycles. The normalized spacial score (nSPS) is 13.4. The van der Waals surface area contributed by atoms with Gasteiger partial charge in [-0.05, 0) is 21.0 Å². The summed E-state index contributed by atoms with van der Waals surface area (Å²) in [6, 6.07) is 0.203. The SMILES string of the molecule is CCn1ncnc1CC(CN(C)C)NN. The van der Waals surface area contributed by atoms with Crippen LogP contribution in [0.15, 0.2) is 6.33 Å². The molecule has 1 rings (SSSR count). The molecule has 0 saturated carbocycles. The van der Waals surface area contributed by atoms with E-state index in [1.807, 2.05) is 18.8 Å². The van der Waals surface area contributed by atoms with E-state index in [1.165, 1.54) is 0 Å². The van der Waals surface area contributed by atoms with E-state index in [4.69, 9.17) is 5.84 Å². The molecule has 0 amide bonds. The van der Waals surface area contributed by atoms with Gasteiger partial charge in [-0.2, -0.15) is 5.10 Å². The van der Waals surface area contributed by atoms with Crippen molar-refractivity contribution in [1.82, 2.24) is 25.1 Å². The van der Waals surface area contributed by atoms with Gasteiger partial charge < -0.3 is 4.90 Å². The zero-order valence-electron chi connectivity index (χ0n) is 9.64. The second kappa shape index (κ2) is 5.79. The first-order valence-electron chi connectivity index (χ1n) is 5.15. The number of rotatable bonds is 6. The zero-order chi connectivity index (χ0) is 11.3. The number of nitrogens with zero attached hydrogens (tertiary/aromatic N) is 4. The van der Waals surface area contributed by atoms with Crippen LogP contribution in [0.4, 0.5) is 0 Å². The Balaban J connectivity index is 2.58. The molecule has 0 aromatic carbocycles. The zero-order valence-corrected chi connectivity index (χ0v) is 9.64. The summed E-state index contributed by atoms with van der Waals surface area (Å²) in [5.41, 5.74) is 2.80. The molecule has 0 spiro atoms. The van der Waals surface area contributed by atoms with Crippen LogP contribution in [0, 0.1) is 0 Å². The van der Waals surface area contributed by atoms with Crippen LogP contribution in [0.3, 0.4) is 0 Å². The molecule has 1 atom stereocenters. The van der Waals surface area contributed by atoms with Gasteiger partial charge in [0.05, 0.1) is 0 Å². The summed E-state index contributed by atoms with van der Waals surface area (Å²) in [6.45, 7) is 3.77. The minimum atomic E-state index is 0.203. The third kappa shape index (κ3) is 3.58. The number of aryl methyl sites for hydroxylation is 1. The Morgan fingerprint density at radius 3 is 2.87 bits per heavy atom. The van der Waals surface area contributed by atoms with E-state index < -0.39 is 0 Å². The van der Waals surface area contributed by atoms with Crippen molar-refractivity contribution in [1.29, 1.82) is 0 Å². The van der Waals surface area contributed by atoms with E-state index >= 15 is 0 Å². The lowest BCUT2D eigenvalue weighted by atomic mass is 10.2. The fourth-order valence-electron chi connectivity index (χ4n) is 1.55. The maximum absolute atomic E-state index is 5.50. The van der Waals surface area contributed by atoms with Gasteiger partial charge in [0.15, 0.2) is 0 Å². The Morgan fingerprint density at radius 1 is 1.60 bits per heavy atom. The van der Waals surface area contributed by atoms with Crippen molar-refractivity contribution < 1.29 is 0 Å². The van der Waals surface area contributed by atoms with Crippen molar-refractivity contribution in [3.63, 3.8) is 0 Å². The molecule has 6 nitrogen and oxygen atoms in total. The van der Waals surface area contributed by atoms with Gasteiger partial charge in [0, 0.05) is 25.6 Å². The molecule has 0 aliphatic rings. The quantitative estimate of drug-likeness (QED) is 0.479. The summed E-state index contributed by atoms with van der Waals surface area (Å²) in [5.74, 6) is 6.47. The molecule has 3 N–H and O–H groups in total. The molecule has 0 aliphatic carbocycles. The summed E-state index contributed by atoms with van der Waals surface area (Å²) >= 11 is 0. The van der Waals surface area contributed by atoms with Gasteiger partial charge in [-0.3, -0.25) is 16.0 Å². The Morgan fingerprint density at radius 2 is 2.33 bits per heavy atom. The molecule has 0 radical (unpaired) electrons. The monoisotopic (exact) mass is 212 g/mol. The fraction of sp³-hybridized carbons (Fsp3) is 0.778. The molecule has 1 aromatic rings. The number of hydrogen-bond donors (Lipinski definition) is 2. The predicted molar refractivity (Wildman–Crippen MR) is 59.1 cm³/mol. The van der Waals surface area contributed by atoms with Gasteiger partial charge in [-0.25, -0.2) is 4.98 Å². The molecule has 1 heterocycles. The van der Waals surface area contributed by atoms with Crippen molar-refractivity contribution in [2.24, 2.45) is 5.84 Å². The average molecular weight is 212 g/mol. The standard InChI is InChI=1S/C9H20N6/c1-4-15-9(11-7-12-15)5-8(13-10)6-14(2)3/h7-8,13H,4-6,10H2,1-3H3. The van der Waals surface area contributed by atoms with Crippen molar-refractivity contribution in [3.8, 4) is 0 Å². The van der Waals surface area contributed by atoms with Crippen molar-refractivity contribution >= 4 is 0 Å². The second-order valence-electron chi connectivity index (χ2n) is 3.82. The number of aromatic nitrogens is 3. The van der Waals surface area contributed by atoms with E-state index in [0.717, 1.165) is 25.3 Å². The smallest absolute Gasteiger partial charge is 0.138 e. The van der Waals surface area contributed by atoms with Gasteiger partial charge >= 0.3 is 0 Å². The summed E-state index contributed by atoms with van der Waals surface area (Å²) < 4.78 is 1.89. The van der Waals surface area contributed by atoms with Crippen LogP contribution >= 0.6 is 0 Å². The number of nitrogens with one attached hydrogen (secondary N) is 1. The van der Waals surface area contributed by atoms with Crippen LogP contribution < -0.4 is 11.3 Å². The molecule has 0 saturated heterocycles. The van der Waals surface area contributed by atoms with Crippen molar-refractivity contribution in [2.45, 2.75) is 25.9 Å². The maximum atomic E-state index is 5.50. The van der Waals surface area contributed by atoms with Crippen LogP contribution in [-0.2, 0) is 13.0 Å². The molecule has 15 heavy (non-hydrogen) atoms. The fourth-order valence-corrected chi connectivity index (χ4v) is 1.55. The van der Waals surface area contributed by atoms with Crippen molar-refractivity contribution in [3.05, 3.63) is 12.2 Å². The van der Waals surface area contributed by atoms with E-state index in [-0.39, 0.29) is 6.04 Å². The van der Waals surface area contributed by atoms with Crippen molar-refractivity contribution in [2.75, 3.05) is 20.6 Å². The van der Waals surface area contributed by atoms with E-state index in [2.05, 4.69) is 27.3 Å². The Labute approximate surface area is 90.4 Å². The average Bonchev–Trinajstić information content (AvgIpc) is 2.63. The highest BCUT2D eigenvalue weighted by Gasteiger charge is 2.12. The second-order valence-corrected chi connectivity index (χ2v) is 3.82. The molecule has 0 bridgehead atoms. The maximum Gasteiger partial charge on any atom is 0.138 e. The van der Waals surface area contributed by atoms with Gasteiger partial charge in [-0.15, -0.1) is 0 Å². The number of nitrogens with two attached hydrogens (primary N) is 1. The molecule has 6 heteroatoms. The van der Waals surface area contributed by atoms with Crippen LogP contribution in [0.1, 0.15) is 12.7 Å². The third-order valence-corrected chi connectivity index (χ3v) is 2.25. The molecule has 1 unspecified atom stereocenters. The number of hydrazine groups is 1. The van der Waals surface area contributed by atoms with Gasteiger partial charge in [0.2, 0.25) is 0 Å². The topological polar surface area (TPSA) is 72.0 Å². The highest BCUT2D eigenvalue weighted by Crippen LogP contribution is 2.00. The first kappa shape index (κ1) is 12.1. The summed E-state index contributed by atoms with van der Waals surface area (Å²) in [5, 5.41) is 4.12. The Kier molecular flexibility index (Phi) is 4.67. The van der Waals surface area contributed by atoms with E-state index in [1.54, 1.807) is 6.33 Å². The summed E-state index contributed by atoms with van der Waals surface area (Å²) in [7, 11) is 4.05. The minimum Gasteiger partial charge on any atom is -0.308 e. The minimum absolute atomic E-state index is 0.203. The lowest BCUT2D eigenvalue weighted by Crippen LogP contribution is -2.44. The first-order chi connectivity index (χ1) is 7.17. The lowest BCUT2D eigenvalue weighted by Gasteiger charge is -2.19. The first-order valence-corrected chi connectivity index (χ1v) is 5.15. The predicted octanol–water partition coefficient (Wildman–Crippen LogP) is -0.766. The highest BCUT2D eigenvalue weighted by atomic mass is 15.3. The van der Waals surface area contributed by atoms with Crippen LogP contribution in [0.2, 0.25) is 0 Å². The van der Waals surface area contributed by atoms with Gasteiger partial charge in [0.1, 0.15) is 12.2 Å². The van der Waals surface area contributed by atoms with Crippen LogP contribution in [0.25, 0.3) is 0 Å². The number of hydrogen-bond acceptors (Lipinski definition) is 5. The van der Waals surface area contributed by atoms with Crippen LogP contribution in [0.5, 0.6) is 0 Å². The van der Waals surface area contributed by atoms with Crippen LogP contribution in [-0.4, -0.2) is 46.3 Å². The molecule has 86 valence electrons. The number of likely N-dealkylation sites (N-methyl/N-ethyl adjacent to an activating group) is 1. The Bertz CT molecular complexity index is 282. The highest BCUT2D eigenvalue weighted by molar-refractivity contribution is 4.89. The summed E-state index contributed by atoms with van der Waals surface area (Å²) in [6.07, 6.45) is 2.38. The molecular formula is C9H20N6. The largest absolute Gasteiger partial charge is 0.308 e. The van der Waals surface area contributed by atoms with Gasteiger partial charge in [-0.1, -0.05) is 0 Å². The molecule has 1 aromatic heterocycles. The van der Waals surface area contributed by atoms with Gasteiger partial charge in [0.25, 0.3) is 0 Å². The summed E-state index contributed by atoms with van der Waals surface area (Å²) in [4.78, 5) is 6.31. The lowest BCUT2D eigenvalue weighted by molar-refractivity contribution is 0.333. The third-order valence-electron chi connectivity index (χ3n) is 2.25. The van der Waals surface area contributed by atoms with E-state index in [0.29, 0.717) is 0 Å². The Hall–Kier alpha value is -0.980.